The molecule has 1 fully saturated rings. The fourth-order valence-corrected chi connectivity index (χ4v) is 4.33. The van der Waals surface area contributed by atoms with Crippen molar-refractivity contribution in [3.63, 3.8) is 0 Å². The summed E-state index contributed by atoms with van der Waals surface area (Å²) >= 11 is 0. The van der Waals surface area contributed by atoms with E-state index in [1.807, 2.05) is 13.8 Å². The van der Waals surface area contributed by atoms with E-state index in [2.05, 4.69) is 51.6 Å². The van der Waals surface area contributed by atoms with E-state index < -0.39 is 9.84 Å². The maximum atomic E-state index is 11.4. The van der Waals surface area contributed by atoms with Gasteiger partial charge in [0.25, 0.3) is 0 Å². The Morgan fingerprint density at radius 1 is 1.10 bits per heavy atom. The minimum Gasteiger partial charge on any atom is -0.357 e. The summed E-state index contributed by atoms with van der Waals surface area (Å²) < 4.78 is 22.8. The number of likely N-dealkylation sites (N-methyl/N-ethyl adjacent to an activating group) is 1. The molecule has 1 saturated heterocycles. The topological polar surface area (TPSA) is 77.0 Å². The summed E-state index contributed by atoms with van der Waals surface area (Å²) in [7, 11) is -2.96. The summed E-state index contributed by atoms with van der Waals surface area (Å²) in [4.78, 5) is 9.78. The van der Waals surface area contributed by atoms with E-state index in [1.54, 1.807) is 0 Å². The molecule has 178 valence electrons. The van der Waals surface area contributed by atoms with E-state index in [0.29, 0.717) is 13.0 Å². The summed E-state index contributed by atoms with van der Waals surface area (Å²) in [5.74, 6) is 0.902. The van der Waals surface area contributed by atoms with Gasteiger partial charge in [0.15, 0.2) is 5.96 Å². The fraction of sp³-hybridized carbons (Fsp3) is 0.682. The molecule has 0 saturated carbocycles. The van der Waals surface area contributed by atoms with Gasteiger partial charge in [-0.2, -0.15) is 0 Å². The molecule has 1 aliphatic heterocycles. The van der Waals surface area contributed by atoms with Crippen LogP contribution in [0.2, 0.25) is 0 Å². The number of nitrogens with zero attached hydrogens (tertiary/aromatic N) is 3. The van der Waals surface area contributed by atoms with Crippen LogP contribution < -0.4 is 10.6 Å². The van der Waals surface area contributed by atoms with Gasteiger partial charge in [-0.05, 0) is 37.9 Å². The van der Waals surface area contributed by atoms with Crippen molar-refractivity contribution in [2.75, 3.05) is 51.3 Å². The van der Waals surface area contributed by atoms with Crippen LogP contribution in [0, 0.1) is 0 Å². The third kappa shape index (κ3) is 11.0. The molecule has 1 aliphatic rings. The van der Waals surface area contributed by atoms with Crippen LogP contribution in [0.3, 0.4) is 0 Å². The third-order valence-corrected chi connectivity index (χ3v) is 6.46. The Hall–Kier alpha value is -0.910. The third-order valence-electron chi connectivity index (χ3n) is 5.48. The first-order valence-electron chi connectivity index (χ1n) is 11.0. The van der Waals surface area contributed by atoms with E-state index in [9.17, 15) is 8.42 Å². The summed E-state index contributed by atoms with van der Waals surface area (Å²) in [6.45, 7) is 14.2. The molecule has 0 radical (unpaired) electrons. The second-order valence-corrected chi connectivity index (χ2v) is 10.4. The highest BCUT2D eigenvalue weighted by Gasteiger charge is 2.16. The highest BCUT2D eigenvalue weighted by Crippen LogP contribution is 2.14. The summed E-state index contributed by atoms with van der Waals surface area (Å²) in [6.07, 6.45) is 1.83. The van der Waals surface area contributed by atoms with Gasteiger partial charge >= 0.3 is 0 Å². The van der Waals surface area contributed by atoms with Crippen LogP contribution in [-0.4, -0.2) is 81.5 Å². The number of piperazine rings is 1. The molecule has 0 aromatic heterocycles. The highest BCUT2D eigenvalue weighted by atomic mass is 127. The first-order valence-corrected chi connectivity index (χ1v) is 13.1. The van der Waals surface area contributed by atoms with Crippen molar-refractivity contribution in [3.8, 4) is 0 Å². The molecule has 7 nitrogen and oxygen atoms in total. The monoisotopic (exact) mass is 565 g/mol. The van der Waals surface area contributed by atoms with Crippen LogP contribution >= 0.6 is 24.0 Å². The Balaban J connectivity index is 0.00000480. The number of hydrogen-bond acceptors (Lipinski definition) is 5. The van der Waals surface area contributed by atoms with Gasteiger partial charge in [-0.25, -0.2) is 13.4 Å². The zero-order valence-corrected chi connectivity index (χ0v) is 22.6. The second-order valence-electron chi connectivity index (χ2n) is 8.14. The summed E-state index contributed by atoms with van der Waals surface area (Å²) in [6, 6.07) is 8.55. The van der Waals surface area contributed by atoms with Gasteiger partial charge in [-0.3, -0.25) is 4.90 Å². The quantitative estimate of drug-likeness (QED) is 0.258. The van der Waals surface area contributed by atoms with Crippen molar-refractivity contribution in [3.05, 3.63) is 35.4 Å². The number of guanidine groups is 1. The van der Waals surface area contributed by atoms with Crippen LogP contribution in [0.25, 0.3) is 0 Å². The predicted molar refractivity (Wildman–Crippen MR) is 141 cm³/mol. The van der Waals surface area contributed by atoms with Crippen molar-refractivity contribution < 1.29 is 8.42 Å². The van der Waals surface area contributed by atoms with Crippen molar-refractivity contribution in [2.24, 2.45) is 4.99 Å². The highest BCUT2D eigenvalue weighted by molar-refractivity contribution is 14.0. The molecule has 0 aliphatic carbocycles. The Morgan fingerprint density at radius 2 is 1.71 bits per heavy atom. The zero-order chi connectivity index (χ0) is 22.0. The average Bonchev–Trinajstić information content (AvgIpc) is 2.72. The Morgan fingerprint density at radius 3 is 2.29 bits per heavy atom. The number of sulfone groups is 1. The van der Waals surface area contributed by atoms with E-state index >= 15 is 0 Å². The lowest BCUT2D eigenvalue weighted by molar-refractivity contribution is 0.131. The molecular formula is C22H40IN5O2S. The van der Waals surface area contributed by atoms with Crippen LogP contribution in [0.4, 0.5) is 0 Å². The molecule has 0 spiro atoms. The van der Waals surface area contributed by atoms with Gasteiger partial charge in [0, 0.05) is 51.6 Å². The molecule has 1 unspecified atom stereocenters. The van der Waals surface area contributed by atoms with Crippen LogP contribution in [0.1, 0.15) is 38.3 Å². The van der Waals surface area contributed by atoms with Gasteiger partial charge in [0.2, 0.25) is 0 Å². The van der Waals surface area contributed by atoms with Gasteiger partial charge < -0.3 is 15.5 Å². The van der Waals surface area contributed by atoms with E-state index in [0.717, 1.165) is 51.8 Å². The second kappa shape index (κ2) is 14.3. The van der Waals surface area contributed by atoms with E-state index in [4.69, 9.17) is 4.99 Å². The molecule has 31 heavy (non-hydrogen) atoms. The molecule has 1 heterocycles. The maximum Gasteiger partial charge on any atom is 0.191 e. The van der Waals surface area contributed by atoms with E-state index in [1.165, 1.54) is 17.4 Å². The standard InChI is InChI=1S/C22H39N5O2S.HI/c1-5-23-22(25-19(3)11-16-30(4,28)29)24-17-20-9-7-8-10-21(20)18-27-14-12-26(6-2)13-15-27;/h7-10,19H,5-6,11-18H2,1-4H3,(H2,23,24,25);1H. The number of nitrogens with one attached hydrogen (secondary N) is 2. The number of rotatable bonds is 10. The van der Waals surface area contributed by atoms with Crippen LogP contribution in [-0.2, 0) is 22.9 Å². The average molecular weight is 566 g/mol. The number of halogens is 1. The predicted octanol–water partition coefficient (Wildman–Crippen LogP) is 2.32. The Labute approximate surface area is 206 Å². The maximum absolute atomic E-state index is 11.4. The normalized spacial score (nSPS) is 17.1. The van der Waals surface area contributed by atoms with Crippen molar-refractivity contribution in [1.29, 1.82) is 0 Å². The molecule has 1 atom stereocenters. The minimum absolute atomic E-state index is 0. The molecule has 2 N–H and O–H groups in total. The Bertz CT molecular complexity index is 780. The number of hydrogen-bond donors (Lipinski definition) is 2. The molecule has 9 heteroatoms. The zero-order valence-electron chi connectivity index (χ0n) is 19.4. The fourth-order valence-electron chi connectivity index (χ4n) is 3.55. The Kier molecular flexibility index (Phi) is 13.0. The lowest BCUT2D eigenvalue weighted by Crippen LogP contribution is -2.45. The minimum atomic E-state index is -2.96. The van der Waals surface area contributed by atoms with Crippen molar-refractivity contribution >= 4 is 39.8 Å². The lowest BCUT2D eigenvalue weighted by atomic mass is 10.1. The largest absolute Gasteiger partial charge is 0.357 e. The lowest BCUT2D eigenvalue weighted by Gasteiger charge is -2.34. The molecule has 1 aromatic carbocycles. The number of aliphatic imine (C=N–C) groups is 1. The first-order chi connectivity index (χ1) is 14.3. The molecule has 0 amide bonds. The number of benzene rings is 1. The van der Waals surface area contributed by atoms with Gasteiger partial charge in [0.1, 0.15) is 9.84 Å². The molecule has 1 aromatic rings. The van der Waals surface area contributed by atoms with E-state index in [-0.39, 0.29) is 35.8 Å². The van der Waals surface area contributed by atoms with Crippen LogP contribution in [0.5, 0.6) is 0 Å². The first kappa shape index (κ1) is 28.1. The van der Waals surface area contributed by atoms with Gasteiger partial charge in [-0.15, -0.1) is 24.0 Å². The van der Waals surface area contributed by atoms with Crippen molar-refractivity contribution in [2.45, 2.75) is 46.3 Å². The van der Waals surface area contributed by atoms with Gasteiger partial charge in [-0.1, -0.05) is 31.2 Å². The summed E-state index contributed by atoms with van der Waals surface area (Å²) in [5.41, 5.74) is 2.56. The SMILES string of the molecule is CCNC(=NCc1ccccc1CN1CCN(CC)CC1)NC(C)CCS(C)(=O)=O.I. The van der Waals surface area contributed by atoms with Gasteiger partial charge in [0.05, 0.1) is 12.3 Å². The summed E-state index contributed by atoms with van der Waals surface area (Å²) in [5, 5.41) is 6.60. The van der Waals surface area contributed by atoms with Crippen molar-refractivity contribution in [1.82, 2.24) is 20.4 Å². The molecular weight excluding hydrogens is 525 g/mol. The molecule has 0 bridgehead atoms. The molecule has 2 rings (SSSR count). The smallest absolute Gasteiger partial charge is 0.191 e. The van der Waals surface area contributed by atoms with Crippen LogP contribution in [0.15, 0.2) is 29.3 Å².